The summed E-state index contributed by atoms with van der Waals surface area (Å²) in [7, 11) is 2.56. The minimum Gasteiger partial charge on any atom is -0.480 e. The van der Waals surface area contributed by atoms with E-state index in [0.717, 1.165) is 0 Å². The third-order valence-corrected chi connectivity index (χ3v) is 5.36. The van der Waals surface area contributed by atoms with Gasteiger partial charge in [-0.15, -0.1) is 0 Å². The Balaban J connectivity index is 2.58. The van der Waals surface area contributed by atoms with Gasteiger partial charge >= 0.3 is 11.9 Å². The molecule has 0 aliphatic carbocycles. The molecule has 0 radical (unpaired) electrons. The zero-order valence-electron chi connectivity index (χ0n) is 14.2. The molecule has 148 valence electrons. The Kier molecular flexibility index (Phi) is 10.2. The van der Waals surface area contributed by atoms with Crippen molar-refractivity contribution in [3.8, 4) is 0 Å². The maximum absolute atomic E-state index is 12.1. The molecule has 0 aromatic carbocycles. The molecule has 1 aromatic heterocycles. The molecule has 12 heteroatoms. The summed E-state index contributed by atoms with van der Waals surface area (Å²) in [6, 6.07) is 3.19. The average molecular weight is 416 g/mol. The molecule has 10 nitrogen and oxygen atoms in total. The van der Waals surface area contributed by atoms with Crippen LogP contribution in [0.2, 0.25) is 0 Å². The molecule has 0 aliphatic rings. The Hall–Kier alpha value is -2.31. The third kappa shape index (κ3) is 9.82. The predicted molar refractivity (Wildman–Crippen MR) is 100.0 cm³/mol. The molecule has 1 rings (SSSR count). The van der Waals surface area contributed by atoms with E-state index in [4.69, 9.17) is 15.9 Å². The third-order valence-electron chi connectivity index (χ3n) is 3.08. The maximum atomic E-state index is 12.1. The molecule has 0 spiro atoms. The normalized spacial score (nSPS) is 12.6. The second kappa shape index (κ2) is 12.1. The zero-order chi connectivity index (χ0) is 20.2. The standard InChI is InChI=1S/C15H20N4O6S2/c16-9(15(24)25)4-5-11(20)19-10(14(23)18-7-13(21)22)8-26-27-12-3-1-2-6-17-12/h1-3,6,9-10H,4-5,7-8,16H2,(H,18,23)(H,19,20)(H,21,22)(H,24,25). The van der Waals surface area contributed by atoms with Crippen LogP contribution in [0.1, 0.15) is 12.8 Å². The first-order valence-electron chi connectivity index (χ1n) is 7.77. The lowest BCUT2D eigenvalue weighted by Crippen LogP contribution is -2.49. The minimum atomic E-state index is -1.22. The van der Waals surface area contributed by atoms with Crippen LogP contribution in [0.4, 0.5) is 0 Å². The van der Waals surface area contributed by atoms with Gasteiger partial charge in [0.2, 0.25) is 11.8 Å². The molecule has 1 heterocycles. The summed E-state index contributed by atoms with van der Waals surface area (Å²) >= 11 is 0. The van der Waals surface area contributed by atoms with E-state index in [-0.39, 0.29) is 18.6 Å². The minimum absolute atomic E-state index is 0.0829. The average Bonchev–Trinajstić information content (AvgIpc) is 2.64. The van der Waals surface area contributed by atoms with Crippen molar-refractivity contribution in [1.29, 1.82) is 0 Å². The van der Waals surface area contributed by atoms with E-state index in [1.165, 1.54) is 21.6 Å². The van der Waals surface area contributed by atoms with Crippen LogP contribution in [0.5, 0.6) is 0 Å². The van der Waals surface area contributed by atoms with Gasteiger partial charge in [-0.1, -0.05) is 16.9 Å². The number of carbonyl (C=O) groups excluding carboxylic acids is 2. The first kappa shape index (κ1) is 22.7. The molecule has 0 bridgehead atoms. The SMILES string of the molecule is NC(CCC(=O)NC(CSSc1ccccn1)C(=O)NCC(=O)O)C(=O)O. The molecular formula is C15H20N4O6S2. The second-order valence-corrected chi connectivity index (χ2v) is 7.61. The van der Waals surface area contributed by atoms with Crippen LogP contribution >= 0.6 is 21.6 Å². The molecule has 2 unspecified atom stereocenters. The van der Waals surface area contributed by atoms with Crippen LogP contribution in [0.25, 0.3) is 0 Å². The van der Waals surface area contributed by atoms with Gasteiger partial charge in [-0.25, -0.2) is 4.98 Å². The van der Waals surface area contributed by atoms with Crippen LogP contribution in [0.15, 0.2) is 29.4 Å². The number of amides is 2. The highest BCUT2D eigenvalue weighted by molar-refractivity contribution is 8.76. The maximum Gasteiger partial charge on any atom is 0.322 e. The van der Waals surface area contributed by atoms with E-state index in [1.807, 2.05) is 0 Å². The lowest BCUT2D eigenvalue weighted by Gasteiger charge is -2.17. The number of hydrogen-bond acceptors (Lipinski definition) is 8. The summed E-state index contributed by atoms with van der Waals surface area (Å²) in [4.78, 5) is 49.5. The number of pyridine rings is 1. The van der Waals surface area contributed by atoms with Crippen molar-refractivity contribution in [1.82, 2.24) is 15.6 Å². The van der Waals surface area contributed by atoms with Crippen LogP contribution in [0, 0.1) is 0 Å². The van der Waals surface area contributed by atoms with E-state index in [1.54, 1.807) is 24.4 Å². The smallest absolute Gasteiger partial charge is 0.322 e. The Bertz CT molecular complexity index is 661. The number of carbonyl (C=O) groups is 4. The van der Waals surface area contributed by atoms with Crippen molar-refractivity contribution >= 4 is 45.3 Å². The monoisotopic (exact) mass is 416 g/mol. The molecule has 0 saturated heterocycles. The number of aliphatic carboxylic acids is 2. The molecule has 27 heavy (non-hydrogen) atoms. The van der Waals surface area contributed by atoms with Crippen molar-refractivity contribution in [2.45, 2.75) is 30.0 Å². The van der Waals surface area contributed by atoms with Crippen LogP contribution < -0.4 is 16.4 Å². The van der Waals surface area contributed by atoms with E-state index in [9.17, 15) is 19.2 Å². The van der Waals surface area contributed by atoms with Crippen LogP contribution in [-0.4, -0.2) is 63.3 Å². The number of hydrogen-bond donors (Lipinski definition) is 5. The van der Waals surface area contributed by atoms with Crippen LogP contribution in [-0.2, 0) is 19.2 Å². The van der Waals surface area contributed by atoms with Crippen molar-refractivity contribution in [2.75, 3.05) is 12.3 Å². The molecule has 0 aliphatic heterocycles. The van der Waals surface area contributed by atoms with Gasteiger partial charge in [0.1, 0.15) is 23.7 Å². The Labute approximate surface area is 163 Å². The quantitative estimate of drug-likeness (QED) is 0.285. The largest absolute Gasteiger partial charge is 0.480 e. The first-order chi connectivity index (χ1) is 12.8. The summed E-state index contributed by atoms with van der Waals surface area (Å²) in [6.07, 6.45) is 1.36. The van der Waals surface area contributed by atoms with E-state index in [0.29, 0.717) is 5.03 Å². The van der Waals surface area contributed by atoms with Gasteiger partial charge in [0.05, 0.1) is 0 Å². The highest BCUT2D eigenvalue weighted by Gasteiger charge is 2.22. The topological polar surface area (TPSA) is 172 Å². The van der Waals surface area contributed by atoms with Crippen LogP contribution in [0.3, 0.4) is 0 Å². The molecular weight excluding hydrogens is 396 g/mol. The molecule has 2 amide bonds. The summed E-state index contributed by atoms with van der Waals surface area (Å²) in [5.41, 5.74) is 5.34. The first-order valence-corrected chi connectivity index (χ1v) is 10.1. The summed E-state index contributed by atoms with van der Waals surface area (Å²) in [5, 5.41) is 22.8. The number of carboxylic acids is 2. The summed E-state index contributed by atoms with van der Waals surface area (Å²) < 4.78 is 0. The number of nitrogens with two attached hydrogens (primary N) is 1. The number of nitrogens with zero attached hydrogens (tertiary/aromatic N) is 1. The van der Waals surface area contributed by atoms with E-state index >= 15 is 0 Å². The number of carboxylic acid groups (broad SMARTS) is 2. The van der Waals surface area contributed by atoms with Crippen molar-refractivity contribution in [2.24, 2.45) is 5.73 Å². The van der Waals surface area contributed by atoms with E-state index < -0.39 is 42.4 Å². The van der Waals surface area contributed by atoms with Crippen molar-refractivity contribution in [3.05, 3.63) is 24.4 Å². The number of aromatic nitrogens is 1. The van der Waals surface area contributed by atoms with Gasteiger partial charge in [-0.05, 0) is 29.3 Å². The van der Waals surface area contributed by atoms with Gasteiger partial charge in [0, 0.05) is 18.4 Å². The summed E-state index contributed by atoms with van der Waals surface area (Å²) in [6.45, 7) is -0.576. The Morgan fingerprint density at radius 1 is 1.22 bits per heavy atom. The van der Waals surface area contributed by atoms with Gasteiger partial charge in [-0.2, -0.15) is 0 Å². The molecule has 1 aromatic rings. The van der Waals surface area contributed by atoms with E-state index in [2.05, 4.69) is 15.6 Å². The summed E-state index contributed by atoms with van der Waals surface area (Å²) in [5.74, 6) is -3.48. The molecule has 6 N–H and O–H groups in total. The molecule has 0 fully saturated rings. The van der Waals surface area contributed by atoms with Gasteiger partial charge in [-0.3, -0.25) is 19.2 Å². The fourth-order valence-corrected chi connectivity index (χ4v) is 3.77. The Morgan fingerprint density at radius 3 is 2.56 bits per heavy atom. The molecule has 2 atom stereocenters. The number of rotatable bonds is 12. The highest BCUT2D eigenvalue weighted by Crippen LogP contribution is 2.29. The second-order valence-electron chi connectivity index (χ2n) is 5.25. The lowest BCUT2D eigenvalue weighted by molar-refractivity contribution is -0.139. The zero-order valence-corrected chi connectivity index (χ0v) is 15.8. The van der Waals surface area contributed by atoms with Crippen molar-refractivity contribution < 1.29 is 29.4 Å². The lowest BCUT2D eigenvalue weighted by atomic mass is 10.1. The fraction of sp³-hybridized carbons (Fsp3) is 0.400. The van der Waals surface area contributed by atoms with Gasteiger partial charge < -0.3 is 26.6 Å². The predicted octanol–water partition coefficient (Wildman–Crippen LogP) is -0.300. The van der Waals surface area contributed by atoms with Crippen molar-refractivity contribution in [3.63, 3.8) is 0 Å². The highest BCUT2D eigenvalue weighted by atomic mass is 33.1. The van der Waals surface area contributed by atoms with Gasteiger partial charge in [0.15, 0.2) is 0 Å². The molecule has 0 saturated carbocycles. The van der Waals surface area contributed by atoms with Gasteiger partial charge in [0.25, 0.3) is 0 Å². The number of nitrogens with one attached hydrogen (secondary N) is 2. The fourth-order valence-electron chi connectivity index (χ4n) is 1.70. The Morgan fingerprint density at radius 2 is 1.96 bits per heavy atom.